The van der Waals surface area contributed by atoms with Crippen LogP contribution in [-0.4, -0.2) is 40.2 Å². The maximum atomic E-state index is 12.2. The fourth-order valence-electron chi connectivity index (χ4n) is 2.46. The largest absolute Gasteiger partial charge is 0.508 e. The summed E-state index contributed by atoms with van der Waals surface area (Å²) in [5.74, 6) is -0.730. The Morgan fingerprint density at radius 1 is 1.43 bits per heavy atom. The minimum Gasteiger partial charge on any atom is -0.508 e. The molecule has 1 aliphatic heterocycles. The third kappa shape index (κ3) is 3.26. The molecule has 6 nitrogen and oxygen atoms in total. The predicted molar refractivity (Wildman–Crippen MR) is 77.0 cm³/mol. The highest BCUT2D eigenvalue weighted by molar-refractivity contribution is 5.79. The molecule has 0 bridgehead atoms. The lowest BCUT2D eigenvalue weighted by Gasteiger charge is -2.23. The van der Waals surface area contributed by atoms with E-state index in [0.29, 0.717) is 13.0 Å². The monoisotopic (exact) mass is 292 g/mol. The lowest BCUT2D eigenvalue weighted by Crippen LogP contribution is -2.41. The molecule has 0 spiro atoms. The van der Waals surface area contributed by atoms with E-state index in [1.54, 1.807) is 25.1 Å². The molecule has 0 aromatic heterocycles. The second-order valence-corrected chi connectivity index (χ2v) is 5.80. The Bertz CT molecular complexity index is 560. The molecule has 1 aliphatic rings. The first kappa shape index (κ1) is 15.2. The first-order chi connectivity index (χ1) is 9.82. The highest BCUT2D eigenvalue weighted by Crippen LogP contribution is 2.30. The third-order valence-electron chi connectivity index (χ3n) is 3.99. The molecule has 3 N–H and O–H groups in total. The molecule has 2 rings (SSSR count). The van der Waals surface area contributed by atoms with Crippen LogP contribution in [0.4, 0.5) is 4.79 Å². The van der Waals surface area contributed by atoms with Gasteiger partial charge in [-0.25, -0.2) is 4.79 Å². The molecule has 1 fully saturated rings. The minimum atomic E-state index is -0.876. The Morgan fingerprint density at radius 2 is 2.14 bits per heavy atom. The van der Waals surface area contributed by atoms with Crippen LogP contribution in [-0.2, 0) is 4.79 Å². The van der Waals surface area contributed by atoms with Gasteiger partial charge in [0.1, 0.15) is 5.75 Å². The van der Waals surface area contributed by atoms with E-state index in [2.05, 4.69) is 5.32 Å². The molecule has 6 heteroatoms. The first-order valence-electron chi connectivity index (χ1n) is 6.89. The molecule has 1 saturated heterocycles. The number of aliphatic carboxylic acids is 1. The smallest absolute Gasteiger partial charge is 0.317 e. The summed E-state index contributed by atoms with van der Waals surface area (Å²) < 4.78 is 0. The van der Waals surface area contributed by atoms with Crippen molar-refractivity contribution in [2.75, 3.05) is 13.1 Å². The van der Waals surface area contributed by atoms with Gasteiger partial charge >= 0.3 is 12.0 Å². The standard InChI is InChI=1S/C15H20N2O4/c1-10(11-4-3-5-12(18)8-11)16-14(21)17-7-6-15(2,9-17)13(19)20/h3-5,8,10,18H,6-7,9H2,1-2H3,(H,16,21)(H,19,20)/t10-,15?/m1/s1. The number of nitrogens with zero attached hydrogens (tertiary/aromatic N) is 1. The van der Waals surface area contributed by atoms with Crippen LogP contribution < -0.4 is 5.32 Å². The van der Waals surface area contributed by atoms with Crippen molar-refractivity contribution in [2.45, 2.75) is 26.3 Å². The number of benzene rings is 1. The SMILES string of the molecule is C[C@@H](NC(=O)N1CCC(C)(C(=O)O)C1)c1cccc(O)c1. The molecule has 114 valence electrons. The van der Waals surface area contributed by atoms with Crippen molar-refractivity contribution >= 4 is 12.0 Å². The molecule has 21 heavy (non-hydrogen) atoms. The van der Waals surface area contributed by atoms with Gasteiger partial charge in [-0.3, -0.25) is 4.79 Å². The summed E-state index contributed by atoms with van der Waals surface area (Å²) >= 11 is 0. The minimum absolute atomic E-state index is 0.147. The van der Waals surface area contributed by atoms with Gasteiger partial charge in [0.2, 0.25) is 0 Å². The van der Waals surface area contributed by atoms with Gasteiger partial charge < -0.3 is 20.4 Å². The average Bonchev–Trinajstić information content (AvgIpc) is 2.83. The van der Waals surface area contributed by atoms with Gasteiger partial charge in [0.05, 0.1) is 11.5 Å². The van der Waals surface area contributed by atoms with Gasteiger partial charge in [-0.2, -0.15) is 0 Å². The number of carboxylic acid groups (broad SMARTS) is 1. The summed E-state index contributed by atoms with van der Waals surface area (Å²) in [6.07, 6.45) is 0.455. The summed E-state index contributed by atoms with van der Waals surface area (Å²) in [6.45, 7) is 4.11. The molecular weight excluding hydrogens is 272 g/mol. The number of aromatic hydroxyl groups is 1. The van der Waals surface area contributed by atoms with Crippen molar-refractivity contribution < 1.29 is 19.8 Å². The molecule has 1 aromatic carbocycles. The summed E-state index contributed by atoms with van der Waals surface area (Å²) in [4.78, 5) is 24.9. The van der Waals surface area contributed by atoms with Crippen LogP contribution in [0.3, 0.4) is 0 Å². The normalized spacial score (nSPS) is 22.9. The number of nitrogens with one attached hydrogen (secondary N) is 1. The Labute approximate surface area is 123 Å². The number of carboxylic acids is 1. The predicted octanol–water partition coefficient (Wildman–Crippen LogP) is 1.96. The molecule has 0 saturated carbocycles. The fraction of sp³-hybridized carbons (Fsp3) is 0.467. The lowest BCUT2D eigenvalue weighted by molar-refractivity contribution is -0.147. The first-order valence-corrected chi connectivity index (χ1v) is 6.89. The van der Waals surface area contributed by atoms with E-state index in [4.69, 9.17) is 0 Å². The van der Waals surface area contributed by atoms with Gasteiger partial charge in [0.15, 0.2) is 0 Å². The number of phenolic OH excluding ortho intramolecular Hbond substituents is 1. The van der Waals surface area contributed by atoms with Crippen molar-refractivity contribution in [3.8, 4) is 5.75 Å². The van der Waals surface area contributed by atoms with Crippen LogP contribution in [0.2, 0.25) is 0 Å². The number of hydrogen-bond acceptors (Lipinski definition) is 3. The van der Waals surface area contributed by atoms with Crippen LogP contribution in [0.5, 0.6) is 5.75 Å². The zero-order valence-corrected chi connectivity index (χ0v) is 12.2. The van der Waals surface area contributed by atoms with Crippen molar-refractivity contribution in [3.05, 3.63) is 29.8 Å². The van der Waals surface area contributed by atoms with Crippen LogP contribution in [0.25, 0.3) is 0 Å². The maximum absolute atomic E-state index is 12.2. The summed E-state index contributed by atoms with van der Waals surface area (Å²) in [5, 5.41) is 21.5. The van der Waals surface area contributed by atoms with E-state index < -0.39 is 11.4 Å². The highest BCUT2D eigenvalue weighted by Gasteiger charge is 2.42. The van der Waals surface area contributed by atoms with Crippen LogP contribution in [0.15, 0.2) is 24.3 Å². The van der Waals surface area contributed by atoms with E-state index in [0.717, 1.165) is 5.56 Å². The average molecular weight is 292 g/mol. The second-order valence-electron chi connectivity index (χ2n) is 5.80. The highest BCUT2D eigenvalue weighted by atomic mass is 16.4. The molecular formula is C15H20N2O4. The Hall–Kier alpha value is -2.24. The van der Waals surface area contributed by atoms with E-state index >= 15 is 0 Å². The van der Waals surface area contributed by atoms with Gasteiger partial charge in [0, 0.05) is 13.1 Å². The summed E-state index contributed by atoms with van der Waals surface area (Å²) in [7, 11) is 0. The van der Waals surface area contributed by atoms with Crippen molar-refractivity contribution in [2.24, 2.45) is 5.41 Å². The number of hydrogen-bond donors (Lipinski definition) is 3. The number of likely N-dealkylation sites (tertiary alicyclic amines) is 1. The van der Waals surface area contributed by atoms with Crippen molar-refractivity contribution in [1.82, 2.24) is 10.2 Å². The van der Waals surface area contributed by atoms with Crippen molar-refractivity contribution in [3.63, 3.8) is 0 Å². The quantitative estimate of drug-likeness (QED) is 0.794. The maximum Gasteiger partial charge on any atom is 0.317 e. The van der Waals surface area contributed by atoms with Gasteiger partial charge in [0.25, 0.3) is 0 Å². The molecule has 1 heterocycles. The summed E-state index contributed by atoms with van der Waals surface area (Å²) in [6, 6.07) is 6.14. The number of carbonyl (C=O) groups is 2. The lowest BCUT2D eigenvalue weighted by atomic mass is 9.90. The number of amides is 2. The topological polar surface area (TPSA) is 89.9 Å². The number of carbonyl (C=O) groups excluding carboxylic acids is 1. The second kappa shape index (κ2) is 5.63. The zero-order chi connectivity index (χ0) is 15.6. The molecule has 0 aliphatic carbocycles. The van der Waals surface area contributed by atoms with Crippen molar-refractivity contribution in [1.29, 1.82) is 0 Å². The number of rotatable bonds is 3. The molecule has 2 atom stereocenters. The van der Waals surface area contributed by atoms with E-state index in [1.165, 1.54) is 4.90 Å². The molecule has 1 aromatic rings. The Morgan fingerprint density at radius 3 is 2.71 bits per heavy atom. The van der Waals surface area contributed by atoms with Gasteiger partial charge in [-0.05, 0) is 38.0 Å². The number of phenols is 1. The summed E-state index contributed by atoms with van der Waals surface area (Å²) in [5.41, 5.74) is -0.0745. The van der Waals surface area contributed by atoms with E-state index in [-0.39, 0.29) is 24.4 Å². The van der Waals surface area contributed by atoms with Gasteiger partial charge in [-0.15, -0.1) is 0 Å². The van der Waals surface area contributed by atoms with Gasteiger partial charge in [-0.1, -0.05) is 12.1 Å². The van der Waals surface area contributed by atoms with Crippen LogP contribution in [0.1, 0.15) is 31.9 Å². The zero-order valence-electron chi connectivity index (χ0n) is 12.2. The van der Waals surface area contributed by atoms with E-state index in [9.17, 15) is 19.8 Å². The number of urea groups is 1. The third-order valence-corrected chi connectivity index (χ3v) is 3.99. The Balaban J connectivity index is 1.98. The molecule has 1 unspecified atom stereocenters. The van der Waals surface area contributed by atoms with Crippen LogP contribution in [0, 0.1) is 5.41 Å². The molecule has 0 radical (unpaired) electrons. The molecule has 2 amide bonds. The fourth-order valence-corrected chi connectivity index (χ4v) is 2.46. The Kier molecular flexibility index (Phi) is 4.06. The van der Waals surface area contributed by atoms with E-state index in [1.807, 2.05) is 13.0 Å². The van der Waals surface area contributed by atoms with Crippen LogP contribution >= 0.6 is 0 Å².